The van der Waals surface area contributed by atoms with E-state index in [2.05, 4.69) is 17.1 Å². The molecule has 4 nitrogen and oxygen atoms in total. The molecule has 0 radical (unpaired) electrons. The van der Waals surface area contributed by atoms with Crippen LogP contribution in [0.1, 0.15) is 35.4 Å². The summed E-state index contributed by atoms with van der Waals surface area (Å²) >= 11 is 12.7. The third kappa shape index (κ3) is 2.85. The SMILES string of the molecule is Clc1cc(Cl)c2c(c1)[C@H]1CC(c3ccccc3)=NN1[C@H](c1cccnc1)O2. The van der Waals surface area contributed by atoms with Gasteiger partial charge in [-0.2, -0.15) is 5.10 Å². The second kappa shape index (κ2) is 6.55. The van der Waals surface area contributed by atoms with Crippen molar-refractivity contribution >= 4 is 28.9 Å². The lowest BCUT2D eigenvalue weighted by molar-refractivity contribution is -0.0191. The van der Waals surface area contributed by atoms with Gasteiger partial charge in [-0.1, -0.05) is 59.6 Å². The number of benzene rings is 2. The first-order valence-corrected chi connectivity index (χ1v) is 9.43. The summed E-state index contributed by atoms with van der Waals surface area (Å²) in [6, 6.07) is 17.7. The highest BCUT2D eigenvalue weighted by Gasteiger charge is 2.42. The molecule has 0 amide bonds. The molecule has 5 rings (SSSR count). The molecular formula is C21H15Cl2N3O. The summed E-state index contributed by atoms with van der Waals surface area (Å²) in [5.74, 6) is 0.667. The zero-order valence-electron chi connectivity index (χ0n) is 14.2. The van der Waals surface area contributed by atoms with Crippen LogP contribution in [0.4, 0.5) is 0 Å². The average molecular weight is 396 g/mol. The number of pyridine rings is 1. The van der Waals surface area contributed by atoms with E-state index in [0.29, 0.717) is 15.8 Å². The van der Waals surface area contributed by atoms with Crippen LogP contribution in [0.3, 0.4) is 0 Å². The van der Waals surface area contributed by atoms with Gasteiger partial charge in [0.25, 0.3) is 0 Å². The van der Waals surface area contributed by atoms with Gasteiger partial charge in [0.05, 0.1) is 16.8 Å². The smallest absolute Gasteiger partial charge is 0.215 e. The summed E-state index contributed by atoms with van der Waals surface area (Å²) in [6.45, 7) is 0. The van der Waals surface area contributed by atoms with E-state index in [1.165, 1.54) is 0 Å². The van der Waals surface area contributed by atoms with E-state index in [9.17, 15) is 0 Å². The van der Waals surface area contributed by atoms with Crippen molar-refractivity contribution in [3.05, 3.63) is 93.7 Å². The predicted molar refractivity (Wildman–Crippen MR) is 106 cm³/mol. The number of rotatable bonds is 2. The van der Waals surface area contributed by atoms with Crippen LogP contribution in [0.2, 0.25) is 10.0 Å². The van der Waals surface area contributed by atoms with Gasteiger partial charge in [-0.05, 0) is 23.8 Å². The minimum absolute atomic E-state index is 0.00497. The molecule has 0 bridgehead atoms. The van der Waals surface area contributed by atoms with Crippen LogP contribution in [0.25, 0.3) is 0 Å². The average Bonchev–Trinajstić information content (AvgIpc) is 3.15. The minimum Gasteiger partial charge on any atom is -0.463 e. The van der Waals surface area contributed by atoms with Gasteiger partial charge < -0.3 is 4.74 Å². The van der Waals surface area contributed by atoms with E-state index < -0.39 is 6.23 Å². The molecule has 0 unspecified atom stereocenters. The summed E-state index contributed by atoms with van der Waals surface area (Å²) < 4.78 is 6.29. The zero-order valence-corrected chi connectivity index (χ0v) is 15.7. The number of ether oxygens (including phenoxy) is 1. The van der Waals surface area contributed by atoms with Gasteiger partial charge in [-0.25, -0.2) is 5.01 Å². The van der Waals surface area contributed by atoms with Crippen LogP contribution in [-0.2, 0) is 0 Å². The van der Waals surface area contributed by atoms with Crippen molar-refractivity contribution in [2.24, 2.45) is 5.10 Å². The molecule has 134 valence electrons. The van der Waals surface area contributed by atoms with Crippen LogP contribution < -0.4 is 4.74 Å². The Kier molecular flexibility index (Phi) is 4.03. The second-order valence-corrected chi connectivity index (χ2v) is 7.42. The fourth-order valence-corrected chi connectivity index (χ4v) is 4.22. The van der Waals surface area contributed by atoms with Crippen molar-refractivity contribution in [3.8, 4) is 5.75 Å². The summed E-state index contributed by atoms with van der Waals surface area (Å²) in [5.41, 5.74) is 4.01. The van der Waals surface area contributed by atoms with Crippen LogP contribution >= 0.6 is 23.2 Å². The van der Waals surface area contributed by atoms with Gasteiger partial charge in [0.15, 0.2) is 0 Å². The molecule has 0 saturated carbocycles. The Morgan fingerprint density at radius 1 is 1.04 bits per heavy atom. The molecular weight excluding hydrogens is 381 g/mol. The summed E-state index contributed by atoms with van der Waals surface area (Å²) in [6.07, 6.45) is 3.91. The first kappa shape index (κ1) is 16.6. The van der Waals surface area contributed by atoms with Crippen LogP contribution in [-0.4, -0.2) is 15.7 Å². The molecule has 0 fully saturated rings. The Bertz CT molecular complexity index is 1020. The van der Waals surface area contributed by atoms with Crippen molar-refractivity contribution < 1.29 is 4.74 Å². The van der Waals surface area contributed by atoms with E-state index in [4.69, 9.17) is 33.0 Å². The van der Waals surface area contributed by atoms with E-state index in [1.54, 1.807) is 18.5 Å². The highest BCUT2D eigenvalue weighted by molar-refractivity contribution is 6.35. The van der Waals surface area contributed by atoms with E-state index in [1.807, 2.05) is 41.4 Å². The summed E-state index contributed by atoms with van der Waals surface area (Å²) in [7, 11) is 0. The van der Waals surface area contributed by atoms with Crippen molar-refractivity contribution in [2.45, 2.75) is 18.7 Å². The van der Waals surface area contributed by atoms with Crippen molar-refractivity contribution in [3.63, 3.8) is 0 Å². The lowest BCUT2D eigenvalue weighted by atomic mass is 9.96. The Balaban J connectivity index is 1.64. The molecule has 2 aliphatic rings. The zero-order chi connectivity index (χ0) is 18.4. The maximum Gasteiger partial charge on any atom is 0.215 e. The van der Waals surface area contributed by atoms with Crippen LogP contribution in [0.5, 0.6) is 5.75 Å². The molecule has 0 spiro atoms. The normalized spacial score (nSPS) is 20.5. The van der Waals surface area contributed by atoms with Gasteiger partial charge in [0, 0.05) is 35.0 Å². The van der Waals surface area contributed by atoms with Crippen molar-refractivity contribution in [1.29, 1.82) is 0 Å². The third-order valence-corrected chi connectivity index (χ3v) is 5.38. The van der Waals surface area contributed by atoms with E-state index in [-0.39, 0.29) is 6.04 Å². The Morgan fingerprint density at radius 2 is 1.89 bits per heavy atom. The number of aromatic nitrogens is 1. The molecule has 3 heterocycles. The molecule has 6 heteroatoms. The molecule has 27 heavy (non-hydrogen) atoms. The lowest BCUT2D eigenvalue weighted by Gasteiger charge is -2.38. The first-order chi connectivity index (χ1) is 13.2. The van der Waals surface area contributed by atoms with Gasteiger partial charge in [0.2, 0.25) is 6.23 Å². The summed E-state index contributed by atoms with van der Waals surface area (Å²) in [4.78, 5) is 4.23. The molecule has 0 aliphatic carbocycles. The van der Waals surface area contributed by atoms with Gasteiger partial charge in [-0.3, -0.25) is 4.98 Å². The number of hydrogen-bond donors (Lipinski definition) is 0. The minimum atomic E-state index is -0.393. The molecule has 1 aromatic heterocycles. The van der Waals surface area contributed by atoms with Crippen molar-refractivity contribution in [1.82, 2.24) is 9.99 Å². The Morgan fingerprint density at radius 3 is 2.67 bits per heavy atom. The molecule has 3 aromatic rings. The molecule has 2 aliphatic heterocycles. The Hall–Kier alpha value is -2.56. The fourth-order valence-electron chi connectivity index (χ4n) is 3.66. The lowest BCUT2D eigenvalue weighted by Crippen LogP contribution is -2.33. The molecule has 0 N–H and O–H groups in total. The van der Waals surface area contributed by atoms with Crippen LogP contribution in [0.15, 0.2) is 72.1 Å². The highest BCUT2D eigenvalue weighted by Crippen LogP contribution is 2.50. The number of halogens is 2. The van der Waals surface area contributed by atoms with Crippen LogP contribution in [0, 0.1) is 0 Å². The number of fused-ring (bicyclic) bond motifs is 3. The first-order valence-electron chi connectivity index (χ1n) is 8.67. The van der Waals surface area contributed by atoms with Crippen molar-refractivity contribution in [2.75, 3.05) is 0 Å². The standard InChI is InChI=1S/C21H15Cl2N3O/c22-15-9-16-19-11-18(13-5-2-1-3-6-13)25-26(19)21(14-7-4-8-24-12-14)27-20(16)17(23)10-15/h1-10,12,19,21H,11H2/t19-,21+/m1/s1. The predicted octanol–water partition coefficient (Wildman–Crippen LogP) is 5.63. The monoisotopic (exact) mass is 395 g/mol. The molecule has 0 saturated heterocycles. The quantitative estimate of drug-likeness (QED) is 0.563. The van der Waals surface area contributed by atoms with E-state index in [0.717, 1.165) is 28.8 Å². The maximum absolute atomic E-state index is 6.46. The molecule has 2 aromatic carbocycles. The molecule has 2 atom stereocenters. The fraction of sp³-hybridized carbons (Fsp3) is 0.143. The number of hydrogen-bond acceptors (Lipinski definition) is 4. The summed E-state index contributed by atoms with van der Waals surface area (Å²) in [5, 5.41) is 8.01. The number of nitrogens with zero attached hydrogens (tertiary/aromatic N) is 3. The Labute approximate surface area is 167 Å². The highest BCUT2D eigenvalue weighted by atomic mass is 35.5. The van der Waals surface area contributed by atoms with Gasteiger partial charge in [-0.15, -0.1) is 0 Å². The van der Waals surface area contributed by atoms with Gasteiger partial charge >= 0.3 is 0 Å². The third-order valence-electron chi connectivity index (χ3n) is 4.88. The topological polar surface area (TPSA) is 37.7 Å². The second-order valence-electron chi connectivity index (χ2n) is 6.58. The number of hydrazone groups is 1. The largest absolute Gasteiger partial charge is 0.463 e. The van der Waals surface area contributed by atoms with Gasteiger partial charge in [0.1, 0.15) is 5.75 Å². The maximum atomic E-state index is 6.46. The van der Waals surface area contributed by atoms with E-state index >= 15 is 0 Å².